The Morgan fingerprint density at radius 1 is 1.06 bits per heavy atom. The number of aliphatic carboxylic acids is 1. The maximum absolute atomic E-state index is 12.7. The minimum atomic E-state index is -1.11. The predicted octanol–water partition coefficient (Wildman–Crippen LogP) is 3.87. The lowest BCUT2D eigenvalue weighted by atomic mass is 9.98. The van der Waals surface area contributed by atoms with E-state index in [0.29, 0.717) is 6.42 Å². The smallest absolute Gasteiger partial charge is 0.407 e. The van der Waals surface area contributed by atoms with E-state index in [2.05, 4.69) is 17.4 Å². The first-order valence-corrected chi connectivity index (χ1v) is 10.9. The molecule has 2 N–H and O–H groups in total. The van der Waals surface area contributed by atoms with Gasteiger partial charge in [-0.15, -0.1) is 0 Å². The van der Waals surface area contributed by atoms with E-state index in [1.54, 1.807) is 0 Å². The molecule has 2 unspecified atom stereocenters. The Bertz CT molecular complexity index is 944. The van der Waals surface area contributed by atoms with Gasteiger partial charge in [0.2, 0.25) is 5.91 Å². The van der Waals surface area contributed by atoms with Gasteiger partial charge in [0.05, 0.1) is 0 Å². The average Bonchev–Trinajstić information content (AvgIpc) is 3.10. The number of amides is 2. The lowest BCUT2D eigenvalue weighted by Gasteiger charge is -2.25. The Kier molecular flexibility index (Phi) is 7.51. The number of carbonyl (C=O) groups is 3. The molecule has 1 aliphatic rings. The molecule has 0 fully saturated rings. The van der Waals surface area contributed by atoms with Gasteiger partial charge < -0.3 is 20.1 Å². The number of carboxylic acids is 1. The molecule has 0 radical (unpaired) electrons. The minimum absolute atomic E-state index is 0.0773. The van der Waals surface area contributed by atoms with E-state index in [4.69, 9.17) is 9.84 Å². The number of nitrogens with zero attached hydrogens (tertiary/aromatic N) is 1. The first-order chi connectivity index (χ1) is 15.3. The van der Waals surface area contributed by atoms with Crippen LogP contribution in [0.5, 0.6) is 0 Å². The van der Waals surface area contributed by atoms with Crippen molar-refractivity contribution in [3.8, 4) is 11.1 Å². The monoisotopic (exact) mass is 438 g/mol. The number of likely N-dealkylation sites (N-methyl/N-ethyl adjacent to an activating group) is 1. The van der Waals surface area contributed by atoms with Gasteiger partial charge in [0.25, 0.3) is 0 Å². The summed E-state index contributed by atoms with van der Waals surface area (Å²) in [5.74, 6) is -1.45. The molecule has 0 bridgehead atoms. The third-order valence-electron chi connectivity index (χ3n) is 6.02. The normalized spacial score (nSPS) is 14.1. The van der Waals surface area contributed by atoms with Gasteiger partial charge in [-0.3, -0.25) is 9.59 Å². The van der Waals surface area contributed by atoms with Crippen LogP contribution in [0.4, 0.5) is 4.79 Å². The standard InChI is InChI=1S/C25H30N2O5/c1-4-16(2)13-22(24(30)27(3)14-23(28)29)26-25(31)32-15-21-19-11-7-5-9-17(19)18-10-6-8-12-20(18)21/h5-12,16,21-22H,4,13-15H2,1-3H3,(H,26,31)(H,28,29). The van der Waals surface area contributed by atoms with Gasteiger partial charge >= 0.3 is 12.1 Å². The van der Waals surface area contributed by atoms with Crippen LogP contribution in [-0.2, 0) is 14.3 Å². The van der Waals surface area contributed by atoms with Crippen LogP contribution in [0.1, 0.15) is 43.7 Å². The molecule has 7 heteroatoms. The Hall–Kier alpha value is -3.35. The topological polar surface area (TPSA) is 95.9 Å². The highest BCUT2D eigenvalue weighted by Gasteiger charge is 2.31. The molecule has 0 aliphatic heterocycles. The minimum Gasteiger partial charge on any atom is -0.480 e. The molecule has 2 atom stereocenters. The second-order valence-electron chi connectivity index (χ2n) is 8.36. The molecule has 0 aromatic heterocycles. The third-order valence-corrected chi connectivity index (χ3v) is 6.02. The van der Waals surface area contributed by atoms with Crippen LogP contribution < -0.4 is 5.32 Å². The molecule has 2 aromatic rings. The number of alkyl carbamates (subject to hydrolysis) is 1. The van der Waals surface area contributed by atoms with Crippen molar-refractivity contribution < 1.29 is 24.2 Å². The van der Waals surface area contributed by atoms with E-state index in [9.17, 15) is 14.4 Å². The summed E-state index contributed by atoms with van der Waals surface area (Å²) in [6.45, 7) is 3.70. The molecule has 32 heavy (non-hydrogen) atoms. The van der Waals surface area contributed by atoms with Crippen molar-refractivity contribution in [2.45, 2.75) is 38.6 Å². The highest BCUT2D eigenvalue weighted by Crippen LogP contribution is 2.44. The fraction of sp³-hybridized carbons (Fsp3) is 0.400. The summed E-state index contributed by atoms with van der Waals surface area (Å²) >= 11 is 0. The number of fused-ring (bicyclic) bond motifs is 3. The van der Waals surface area contributed by atoms with Gasteiger partial charge in [-0.1, -0.05) is 68.8 Å². The predicted molar refractivity (Wildman–Crippen MR) is 121 cm³/mol. The SMILES string of the molecule is CCC(C)CC(NC(=O)OCC1c2ccccc2-c2ccccc21)C(=O)N(C)CC(=O)O. The molecule has 0 saturated carbocycles. The van der Waals surface area contributed by atoms with Crippen molar-refractivity contribution in [2.24, 2.45) is 5.92 Å². The Balaban J connectivity index is 1.69. The highest BCUT2D eigenvalue weighted by atomic mass is 16.5. The lowest BCUT2D eigenvalue weighted by Crippen LogP contribution is -2.49. The number of carbonyl (C=O) groups excluding carboxylic acids is 2. The fourth-order valence-electron chi connectivity index (χ4n) is 4.12. The quantitative estimate of drug-likeness (QED) is 0.620. The van der Waals surface area contributed by atoms with Crippen molar-refractivity contribution in [2.75, 3.05) is 20.2 Å². The molecule has 2 amide bonds. The van der Waals surface area contributed by atoms with E-state index in [-0.39, 0.29) is 18.4 Å². The van der Waals surface area contributed by atoms with Crippen molar-refractivity contribution in [3.63, 3.8) is 0 Å². The molecule has 0 saturated heterocycles. The Morgan fingerprint density at radius 3 is 2.16 bits per heavy atom. The number of hydrogen-bond donors (Lipinski definition) is 2. The third kappa shape index (κ3) is 5.28. The van der Waals surface area contributed by atoms with Gasteiger partial charge in [0.1, 0.15) is 19.2 Å². The average molecular weight is 439 g/mol. The maximum Gasteiger partial charge on any atom is 0.407 e. The van der Waals surface area contributed by atoms with Gasteiger partial charge in [-0.05, 0) is 34.6 Å². The van der Waals surface area contributed by atoms with Crippen LogP contribution in [-0.4, -0.2) is 54.2 Å². The van der Waals surface area contributed by atoms with Gasteiger partial charge in [-0.2, -0.15) is 0 Å². The molecular weight excluding hydrogens is 408 g/mol. The van der Waals surface area contributed by atoms with Crippen molar-refractivity contribution in [3.05, 3.63) is 59.7 Å². The first kappa shape index (κ1) is 23.3. The Labute approximate surface area is 188 Å². The first-order valence-electron chi connectivity index (χ1n) is 10.9. The van der Waals surface area contributed by atoms with E-state index in [1.807, 2.05) is 50.2 Å². The van der Waals surface area contributed by atoms with Crippen LogP contribution >= 0.6 is 0 Å². The zero-order valence-electron chi connectivity index (χ0n) is 18.7. The molecule has 1 aliphatic carbocycles. The zero-order valence-corrected chi connectivity index (χ0v) is 18.7. The number of hydrogen-bond acceptors (Lipinski definition) is 4. The second-order valence-corrected chi connectivity index (χ2v) is 8.36. The second kappa shape index (κ2) is 10.3. The van der Waals surface area contributed by atoms with Crippen LogP contribution in [0.2, 0.25) is 0 Å². The summed E-state index contributed by atoms with van der Waals surface area (Å²) in [7, 11) is 1.42. The number of benzene rings is 2. The number of nitrogens with one attached hydrogen (secondary N) is 1. The van der Waals surface area contributed by atoms with E-state index in [1.165, 1.54) is 7.05 Å². The molecule has 7 nitrogen and oxygen atoms in total. The summed E-state index contributed by atoms with van der Waals surface area (Å²) in [4.78, 5) is 37.5. The molecule has 170 valence electrons. The summed E-state index contributed by atoms with van der Waals surface area (Å²) in [6, 6.07) is 15.3. The Morgan fingerprint density at radius 2 is 1.62 bits per heavy atom. The summed E-state index contributed by atoms with van der Waals surface area (Å²) in [6.07, 6.45) is 0.555. The highest BCUT2D eigenvalue weighted by molar-refractivity contribution is 5.88. The molecule has 2 aromatic carbocycles. The van der Waals surface area contributed by atoms with Crippen molar-refractivity contribution in [1.82, 2.24) is 10.2 Å². The van der Waals surface area contributed by atoms with Crippen LogP contribution in [0.25, 0.3) is 11.1 Å². The summed E-state index contributed by atoms with van der Waals surface area (Å²) < 4.78 is 5.56. The number of carboxylic acid groups (broad SMARTS) is 1. The lowest BCUT2D eigenvalue weighted by molar-refractivity contribution is -0.144. The largest absolute Gasteiger partial charge is 0.480 e. The molecule has 0 heterocycles. The summed E-state index contributed by atoms with van der Waals surface area (Å²) in [5, 5.41) is 11.6. The van der Waals surface area contributed by atoms with Crippen LogP contribution in [0.15, 0.2) is 48.5 Å². The fourth-order valence-corrected chi connectivity index (χ4v) is 4.12. The van der Waals surface area contributed by atoms with E-state index < -0.39 is 30.6 Å². The van der Waals surface area contributed by atoms with Crippen LogP contribution in [0.3, 0.4) is 0 Å². The van der Waals surface area contributed by atoms with Gasteiger partial charge in [0.15, 0.2) is 0 Å². The van der Waals surface area contributed by atoms with Gasteiger partial charge in [-0.25, -0.2) is 4.79 Å². The van der Waals surface area contributed by atoms with Crippen LogP contribution in [0, 0.1) is 5.92 Å². The van der Waals surface area contributed by atoms with Gasteiger partial charge in [0, 0.05) is 13.0 Å². The molecule has 3 rings (SSSR count). The molecular formula is C25H30N2O5. The molecule has 0 spiro atoms. The van der Waals surface area contributed by atoms with E-state index >= 15 is 0 Å². The number of rotatable bonds is 9. The zero-order chi connectivity index (χ0) is 23.3. The van der Waals surface area contributed by atoms with Crippen molar-refractivity contribution >= 4 is 18.0 Å². The number of ether oxygens (including phenoxy) is 1. The maximum atomic E-state index is 12.7. The van der Waals surface area contributed by atoms with Crippen molar-refractivity contribution in [1.29, 1.82) is 0 Å². The summed E-state index contributed by atoms with van der Waals surface area (Å²) in [5.41, 5.74) is 4.49. The van der Waals surface area contributed by atoms with E-state index in [0.717, 1.165) is 33.6 Å².